The van der Waals surface area contributed by atoms with Crippen molar-refractivity contribution in [2.24, 2.45) is 0 Å². The molecular weight excluding hydrogens is 378 g/mol. The Morgan fingerprint density at radius 3 is 2.55 bits per heavy atom. The molecule has 0 unspecified atom stereocenters. The van der Waals surface area contributed by atoms with Crippen molar-refractivity contribution in [1.29, 1.82) is 0 Å². The molecule has 0 radical (unpaired) electrons. The van der Waals surface area contributed by atoms with Crippen LogP contribution < -0.4 is 5.43 Å². The molecule has 4 rings (SSSR count). The Morgan fingerprint density at radius 1 is 1.07 bits per heavy atom. The van der Waals surface area contributed by atoms with Crippen LogP contribution in [0.5, 0.6) is 0 Å². The maximum atomic E-state index is 13.9. The lowest BCUT2D eigenvalue weighted by Gasteiger charge is -2.25. The van der Waals surface area contributed by atoms with Gasteiger partial charge in [0.05, 0.1) is 17.0 Å². The van der Waals surface area contributed by atoms with Gasteiger partial charge in [0.1, 0.15) is 17.2 Å². The van der Waals surface area contributed by atoms with Gasteiger partial charge in [0.2, 0.25) is 5.76 Å². The first-order chi connectivity index (χ1) is 13.9. The van der Waals surface area contributed by atoms with Crippen LogP contribution in [0.4, 0.5) is 8.78 Å². The van der Waals surface area contributed by atoms with E-state index in [0.29, 0.717) is 18.5 Å². The fraction of sp³-hybridized carbons (Fsp3) is 0.273. The molecule has 5 nitrogen and oxygen atoms in total. The predicted molar refractivity (Wildman–Crippen MR) is 105 cm³/mol. The highest BCUT2D eigenvalue weighted by molar-refractivity contribution is 5.99. The summed E-state index contributed by atoms with van der Waals surface area (Å²) in [6, 6.07) is 8.65. The Balaban J connectivity index is 1.89. The van der Waals surface area contributed by atoms with E-state index >= 15 is 0 Å². The molecule has 1 atom stereocenters. The average Bonchev–Trinajstić information content (AvgIpc) is 2.95. The van der Waals surface area contributed by atoms with Crippen LogP contribution in [0, 0.1) is 11.6 Å². The summed E-state index contributed by atoms with van der Waals surface area (Å²) in [7, 11) is 3.86. The van der Waals surface area contributed by atoms with Crippen LogP contribution >= 0.6 is 0 Å². The van der Waals surface area contributed by atoms with Crippen molar-refractivity contribution < 1.29 is 18.0 Å². The number of benzene rings is 2. The lowest BCUT2D eigenvalue weighted by Crippen LogP contribution is -2.32. The van der Waals surface area contributed by atoms with Crippen LogP contribution in [0.1, 0.15) is 34.1 Å². The van der Waals surface area contributed by atoms with Gasteiger partial charge in [-0.25, -0.2) is 8.78 Å². The maximum absolute atomic E-state index is 13.9. The zero-order chi connectivity index (χ0) is 20.7. The third-order valence-corrected chi connectivity index (χ3v) is 5.10. The molecule has 0 saturated carbocycles. The SMILES string of the molecule is CN(C)CCCN1C(=O)c2oc3ccc(F)cc3c(=O)c2[C@@H]1c1cccc(F)c1. The second kappa shape index (κ2) is 7.40. The smallest absolute Gasteiger partial charge is 0.290 e. The molecule has 7 heteroatoms. The van der Waals surface area contributed by atoms with E-state index in [-0.39, 0.29) is 22.3 Å². The molecule has 1 aliphatic heterocycles. The van der Waals surface area contributed by atoms with Gasteiger partial charge in [-0.1, -0.05) is 12.1 Å². The first-order valence-electron chi connectivity index (χ1n) is 9.34. The molecular formula is C22H20F2N2O3. The van der Waals surface area contributed by atoms with Crippen molar-refractivity contribution in [3.05, 3.63) is 81.2 Å². The molecule has 0 aliphatic carbocycles. The molecule has 1 amide bonds. The van der Waals surface area contributed by atoms with Crippen molar-refractivity contribution in [3.63, 3.8) is 0 Å². The van der Waals surface area contributed by atoms with Crippen LogP contribution in [0.2, 0.25) is 0 Å². The Bertz CT molecular complexity index is 1160. The summed E-state index contributed by atoms with van der Waals surface area (Å²) >= 11 is 0. The van der Waals surface area contributed by atoms with E-state index in [1.165, 1.54) is 35.2 Å². The molecule has 1 aromatic heterocycles. The Labute approximate surface area is 166 Å². The van der Waals surface area contributed by atoms with Gasteiger partial charge < -0.3 is 14.2 Å². The largest absolute Gasteiger partial charge is 0.450 e. The van der Waals surface area contributed by atoms with Crippen molar-refractivity contribution in [3.8, 4) is 0 Å². The number of carbonyl (C=O) groups is 1. The number of rotatable bonds is 5. The molecule has 3 aromatic rings. The summed E-state index contributed by atoms with van der Waals surface area (Å²) in [5.74, 6) is -1.52. The minimum atomic E-state index is -0.778. The van der Waals surface area contributed by atoms with Crippen LogP contribution in [0.15, 0.2) is 51.7 Å². The normalized spacial score (nSPS) is 16.1. The highest BCUT2D eigenvalue weighted by Crippen LogP contribution is 2.38. The minimum absolute atomic E-state index is 0.0618. The second-order valence-electron chi connectivity index (χ2n) is 7.43. The van der Waals surface area contributed by atoms with Gasteiger partial charge in [-0.05, 0) is 63.0 Å². The fourth-order valence-corrected chi connectivity index (χ4v) is 3.80. The highest BCUT2D eigenvalue weighted by Gasteiger charge is 2.42. The average molecular weight is 398 g/mol. The summed E-state index contributed by atoms with van der Waals surface area (Å²) in [4.78, 5) is 29.8. The van der Waals surface area contributed by atoms with Crippen LogP contribution in [0.25, 0.3) is 11.0 Å². The van der Waals surface area contributed by atoms with Gasteiger partial charge in [0, 0.05) is 6.54 Å². The highest BCUT2D eigenvalue weighted by atomic mass is 19.1. The van der Waals surface area contributed by atoms with Gasteiger partial charge in [0.15, 0.2) is 5.43 Å². The quantitative estimate of drug-likeness (QED) is 0.659. The van der Waals surface area contributed by atoms with Crippen LogP contribution in [-0.2, 0) is 0 Å². The van der Waals surface area contributed by atoms with Crippen molar-refractivity contribution in [2.75, 3.05) is 27.2 Å². The van der Waals surface area contributed by atoms with Crippen molar-refractivity contribution in [1.82, 2.24) is 9.80 Å². The van der Waals surface area contributed by atoms with Gasteiger partial charge in [0.25, 0.3) is 5.91 Å². The van der Waals surface area contributed by atoms with E-state index in [1.54, 1.807) is 6.07 Å². The molecule has 0 N–H and O–H groups in total. The van der Waals surface area contributed by atoms with Gasteiger partial charge in [-0.3, -0.25) is 9.59 Å². The zero-order valence-electron chi connectivity index (χ0n) is 16.1. The molecule has 29 heavy (non-hydrogen) atoms. The summed E-state index contributed by atoms with van der Waals surface area (Å²) in [5, 5.41) is 0.0631. The fourth-order valence-electron chi connectivity index (χ4n) is 3.80. The predicted octanol–water partition coefficient (Wildman–Crippen LogP) is 3.57. The number of hydrogen-bond acceptors (Lipinski definition) is 4. The maximum Gasteiger partial charge on any atom is 0.290 e. The minimum Gasteiger partial charge on any atom is -0.450 e. The van der Waals surface area contributed by atoms with E-state index in [4.69, 9.17) is 4.42 Å². The third kappa shape index (κ3) is 3.42. The molecule has 0 bridgehead atoms. The molecule has 2 heterocycles. The Hall–Kier alpha value is -3.06. The van der Waals surface area contributed by atoms with Gasteiger partial charge >= 0.3 is 0 Å². The monoisotopic (exact) mass is 398 g/mol. The van der Waals surface area contributed by atoms with E-state index in [1.807, 2.05) is 19.0 Å². The first kappa shape index (κ1) is 19.3. The van der Waals surface area contributed by atoms with Crippen LogP contribution in [0.3, 0.4) is 0 Å². The molecule has 2 aromatic carbocycles. The number of carbonyl (C=O) groups excluding carboxylic acids is 1. The Morgan fingerprint density at radius 2 is 1.83 bits per heavy atom. The number of amides is 1. The second-order valence-corrected chi connectivity index (χ2v) is 7.43. The number of nitrogens with zero attached hydrogens (tertiary/aromatic N) is 2. The number of fused-ring (bicyclic) bond motifs is 2. The van der Waals surface area contributed by atoms with E-state index in [0.717, 1.165) is 12.6 Å². The van der Waals surface area contributed by atoms with E-state index in [2.05, 4.69) is 0 Å². The van der Waals surface area contributed by atoms with Crippen molar-refractivity contribution >= 4 is 16.9 Å². The number of halogens is 2. The lowest BCUT2D eigenvalue weighted by atomic mass is 9.98. The lowest BCUT2D eigenvalue weighted by molar-refractivity contribution is 0.0722. The Kier molecular flexibility index (Phi) is 4.92. The third-order valence-electron chi connectivity index (χ3n) is 5.10. The zero-order valence-corrected chi connectivity index (χ0v) is 16.1. The molecule has 0 saturated heterocycles. The molecule has 0 spiro atoms. The van der Waals surface area contributed by atoms with Crippen LogP contribution in [-0.4, -0.2) is 42.9 Å². The summed E-state index contributed by atoms with van der Waals surface area (Å²) in [5.41, 5.74) is 0.281. The molecule has 150 valence electrons. The summed E-state index contributed by atoms with van der Waals surface area (Å²) < 4.78 is 33.4. The van der Waals surface area contributed by atoms with E-state index < -0.39 is 29.0 Å². The van der Waals surface area contributed by atoms with Gasteiger partial charge in [-0.2, -0.15) is 0 Å². The standard InChI is InChI=1S/C22H20F2N2O3/c1-25(2)9-4-10-26-19(13-5-3-6-14(23)11-13)18-20(27)16-12-15(24)7-8-17(16)29-21(18)22(26)28/h3,5-8,11-12,19H,4,9-10H2,1-2H3/t19-/m0/s1. The number of hydrogen-bond donors (Lipinski definition) is 0. The molecule has 0 fully saturated rings. The van der Waals surface area contributed by atoms with Gasteiger partial charge in [-0.15, -0.1) is 0 Å². The summed E-state index contributed by atoms with van der Waals surface area (Å²) in [6.45, 7) is 1.11. The topological polar surface area (TPSA) is 53.8 Å². The molecule has 1 aliphatic rings. The first-order valence-corrected chi connectivity index (χ1v) is 9.34. The summed E-state index contributed by atoms with van der Waals surface area (Å²) in [6.07, 6.45) is 0.668. The van der Waals surface area contributed by atoms with E-state index in [9.17, 15) is 18.4 Å². The van der Waals surface area contributed by atoms with Crippen molar-refractivity contribution in [2.45, 2.75) is 12.5 Å².